The molecule has 0 saturated heterocycles. The second-order valence-corrected chi connectivity index (χ2v) is 5.83. The first-order valence-corrected chi connectivity index (χ1v) is 8.79. The van der Waals surface area contributed by atoms with E-state index in [2.05, 4.69) is 4.74 Å². The zero-order valence-electron chi connectivity index (χ0n) is 15.5. The molecule has 0 fully saturated rings. The number of rotatable bonds is 8. The molecule has 0 unspecified atom stereocenters. The van der Waals surface area contributed by atoms with Crippen LogP contribution in [0.2, 0.25) is 0 Å². The second kappa shape index (κ2) is 9.22. The number of Topliss-reactive ketones (excluding diaryl/α,β-unsaturated/α-hetero) is 1. The minimum absolute atomic E-state index is 0.0274. The molecular weight excluding hydrogens is 390 g/mol. The quantitative estimate of drug-likeness (QED) is 0.489. The van der Waals surface area contributed by atoms with Gasteiger partial charge >= 0.3 is 12.6 Å². The lowest BCUT2D eigenvalue weighted by Crippen LogP contribution is -2.17. The highest BCUT2D eigenvalue weighted by Crippen LogP contribution is 2.31. The molecule has 9 heteroatoms. The lowest BCUT2D eigenvalue weighted by Gasteiger charge is -2.18. The first-order valence-electron chi connectivity index (χ1n) is 8.79. The van der Waals surface area contributed by atoms with Crippen LogP contribution in [0.15, 0.2) is 36.4 Å². The van der Waals surface area contributed by atoms with Gasteiger partial charge in [-0.1, -0.05) is 0 Å². The molecule has 0 saturated carbocycles. The van der Waals surface area contributed by atoms with E-state index in [-0.39, 0.29) is 23.7 Å². The van der Waals surface area contributed by atoms with Gasteiger partial charge in [0.25, 0.3) is 0 Å². The van der Waals surface area contributed by atoms with Gasteiger partial charge in [0, 0.05) is 5.56 Å². The second-order valence-electron chi connectivity index (χ2n) is 5.83. The summed E-state index contributed by atoms with van der Waals surface area (Å²) >= 11 is 0. The van der Waals surface area contributed by atoms with Gasteiger partial charge in [-0.2, -0.15) is 8.78 Å². The Kier molecular flexibility index (Phi) is 6.48. The van der Waals surface area contributed by atoms with E-state index in [0.717, 1.165) is 0 Å². The summed E-state index contributed by atoms with van der Waals surface area (Å²) in [5, 5.41) is 0. The van der Waals surface area contributed by atoms with E-state index in [1.54, 1.807) is 19.1 Å². The van der Waals surface area contributed by atoms with E-state index in [1.807, 2.05) is 0 Å². The summed E-state index contributed by atoms with van der Waals surface area (Å²) in [5.74, 6) is -0.478. The van der Waals surface area contributed by atoms with Crippen LogP contribution in [0.1, 0.15) is 27.6 Å². The molecule has 1 aliphatic rings. The Balaban J connectivity index is 1.65. The number of hydrogen-bond acceptors (Lipinski definition) is 7. The third-order valence-corrected chi connectivity index (χ3v) is 3.89. The van der Waals surface area contributed by atoms with Crippen LogP contribution in [-0.2, 0) is 4.74 Å². The van der Waals surface area contributed by atoms with Gasteiger partial charge in [-0.05, 0) is 43.3 Å². The average molecular weight is 408 g/mol. The minimum Gasteiger partial charge on any atom is -0.490 e. The van der Waals surface area contributed by atoms with Crippen molar-refractivity contribution in [2.75, 3.05) is 26.4 Å². The van der Waals surface area contributed by atoms with Crippen molar-refractivity contribution < 1.29 is 42.1 Å². The van der Waals surface area contributed by atoms with Crippen molar-refractivity contribution in [2.45, 2.75) is 13.5 Å². The number of carbonyl (C=O) groups excluding carboxylic acids is 2. The average Bonchev–Trinajstić information content (AvgIpc) is 2.72. The molecule has 0 amide bonds. The van der Waals surface area contributed by atoms with Gasteiger partial charge in [0.05, 0.1) is 12.2 Å². The van der Waals surface area contributed by atoms with Gasteiger partial charge in [-0.15, -0.1) is 0 Å². The highest BCUT2D eigenvalue weighted by Gasteiger charge is 2.18. The number of halogens is 2. The van der Waals surface area contributed by atoms with E-state index < -0.39 is 25.0 Å². The zero-order valence-corrected chi connectivity index (χ0v) is 15.5. The van der Waals surface area contributed by atoms with E-state index in [4.69, 9.17) is 18.9 Å². The molecule has 29 heavy (non-hydrogen) atoms. The summed E-state index contributed by atoms with van der Waals surface area (Å²) in [6, 6.07) is 8.33. The maximum Gasteiger partial charge on any atom is 0.387 e. The molecule has 2 aromatic rings. The molecule has 0 aromatic heterocycles. The van der Waals surface area contributed by atoms with E-state index >= 15 is 0 Å². The number of ether oxygens (including phenoxy) is 5. The SMILES string of the molecule is CCOc1cc(C(=O)OCC(=O)c2ccc3c(c2)OCCO3)ccc1OC(F)F. The molecule has 2 aromatic carbocycles. The van der Waals surface area contributed by atoms with Gasteiger partial charge in [-0.25, -0.2) is 4.79 Å². The van der Waals surface area contributed by atoms with Gasteiger partial charge in [0.2, 0.25) is 0 Å². The smallest absolute Gasteiger partial charge is 0.387 e. The third-order valence-electron chi connectivity index (χ3n) is 3.89. The first-order chi connectivity index (χ1) is 14.0. The van der Waals surface area contributed by atoms with E-state index in [9.17, 15) is 18.4 Å². The molecule has 0 aliphatic carbocycles. The Morgan fingerprint density at radius 2 is 1.72 bits per heavy atom. The number of carbonyl (C=O) groups is 2. The lowest BCUT2D eigenvalue weighted by molar-refractivity contribution is -0.0514. The van der Waals surface area contributed by atoms with E-state index in [0.29, 0.717) is 30.3 Å². The van der Waals surface area contributed by atoms with Crippen LogP contribution in [0.25, 0.3) is 0 Å². The molecule has 1 heterocycles. The molecule has 0 bridgehead atoms. The fourth-order valence-corrected chi connectivity index (χ4v) is 2.61. The molecular formula is C20H18F2O7. The number of hydrogen-bond donors (Lipinski definition) is 0. The number of ketones is 1. The largest absolute Gasteiger partial charge is 0.490 e. The Labute approximate surface area is 165 Å². The number of alkyl halides is 2. The fourth-order valence-electron chi connectivity index (χ4n) is 2.61. The number of fused-ring (bicyclic) bond motifs is 1. The van der Waals surface area contributed by atoms with Crippen molar-refractivity contribution in [3.63, 3.8) is 0 Å². The lowest BCUT2D eigenvalue weighted by atomic mass is 10.1. The van der Waals surface area contributed by atoms with Crippen molar-refractivity contribution in [3.8, 4) is 23.0 Å². The molecule has 0 N–H and O–H groups in total. The molecule has 0 atom stereocenters. The molecule has 0 spiro atoms. The van der Waals surface area contributed by atoms with Gasteiger partial charge in [0.15, 0.2) is 35.4 Å². The van der Waals surface area contributed by atoms with Gasteiger partial charge in [-0.3, -0.25) is 4.79 Å². The minimum atomic E-state index is -3.03. The van der Waals surface area contributed by atoms with Crippen molar-refractivity contribution in [1.29, 1.82) is 0 Å². The van der Waals surface area contributed by atoms with Crippen LogP contribution in [0.5, 0.6) is 23.0 Å². The monoisotopic (exact) mass is 408 g/mol. The zero-order chi connectivity index (χ0) is 20.8. The van der Waals surface area contributed by atoms with E-state index in [1.165, 1.54) is 24.3 Å². The van der Waals surface area contributed by atoms with Crippen LogP contribution in [0, 0.1) is 0 Å². The highest BCUT2D eigenvalue weighted by molar-refractivity contribution is 6.00. The van der Waals surface area contributed by atoms with Gasteiger partial charge < -0.3 is 23.7 Å². The normalized spacial score (nSPS) is 12.4. The Morgan fingerprint density at radius 3 is 2.45 bits per heavy atom. The molecule has 1 aliphatic heterocycles. The third kappa shape index (κ3) is 5.13. The van der Waals surface area contributed by atoms with Crippen LogP contribution in [0.4, 0.5) is 8.78 Å². The number of benzene rings is 2. The standard InChI is InChI=1S/C20H18F2O7/c1-2-25-18-10-13(4-6-16(18)29-20(21)22)19(24)28-11-14(23)12-3-5-15-17(9-12)27-8-7-26-15/h3-6,9-10,20H,2,7-8,11H2,1H3. The predicted octanol–water partition coefficient (Wildman–Crippen LogP) is 3.50. The van der Waals surface area contributed by atoms with Crippen LogP contribution in [0.3, 0.4) is 0 Å². The molecule has 154 valence electrons. The summed E-state index contributed by atoms with van der Waals surface area (Å²) in [6.45, 7) is -0.882. The molecule has 3 rings (SSSR count). The van der Waals surface area contributed by atoms with Crippen molar-refractivity contribution in [3.05, 3.63) is 47.5 Å². The predicted molar refractivity (Wildman–Crippen MR) is 96.3 cm³/mol. The highest BCUT2D eigenvalue weighted by atomic mass is 19.3. The van der Waals surface area contributed by atoms with Crippen molar-refractivity contribution in [1.82, 2.24) is 0 Å². The van der Waals surface area contributed by atoms with Gasteiger partial charge in [0.1, 0.15) is 13.2 Å². The Bertz CT molecular complexity index is 898. The maximum absolute atomic E-state index is 12.5. The Morgan fingerprint density at radius 1 is 1.00 bits per heavy atom. The van der Waals surface area contributed by atoms with Crippen LogP contribution in [-0.4, -0.2) is 44.8 Å². The topological polar surface area (TPSA) is 80.3 Å². The first kappa shape index (κ1) is 20.4. The fraction of sp³-hybridized carbons (Fsp3) is 0.300. The maximum atomic E-state index is 12.5. The summed E-state index contributed by atoms with van der Waals surface area (Å²) in [6.07, 6.45) is 0. The summed E-state index contributed by atoms with van der Waals surface area (Å²) in [7, 11) is 0. The number of esters is 1. The van der Waals surface area contributed by atoms with Crippen molar-refractivity contribution in [2.24, 2.45) is 0 Å². The summed E-state index contributed by atoms with van der Waals surface area (Å²) in [5.41, 5.74) is 0.336. The summed E-state index contributed by atoms with van der Waals surface area (Å²) in [4.78, 5) is 24.5. The van der Waals surface area contributed by atoms with Crippen molar-refractivity contribution >= 4 is 11.8 Å². The van der Waals surface area contributed by atoms with Crippen LogP contribution >= 0.6 is 0 Å². The Hall–Kier alpha value is -3.36. The summed E-state index contributed by atoms with van der Waals surface area (Å²) < 4.78 is 50.3. The molecule has 7 nitrogen and oxygen atoms in total. The van der Waals surface area contributed by atoms with Crippen LogP contribution < -0.4 is 18.9 Å². The molecule has 0 radical (unpaired) electrons.